The fourth-order valence-corrected chi connectivity index (χ4v) is 4.85. The van der Waals surface area contributed by atoms with Gasteiger partial charge in [0.1, 0.15) is 11.8 Å². The molecule has 2 rings (SSSR count). The Labute approximate surface area is 222 Å². The Morgan fingerprint density at radius 2 is 1.68 bits per heavy atom. The van der Waals surface area contributed by atoms with Crippen molar-refractivity contribution >= 4 is 27.5 Å². The molecule has 2 aromatic carbocycles. The Hall–Kier alpha value is -3.07. The number of amides is 2. The van der Waals surface area contributed by atoms with Crippen molar-refractivity contribution in [2.24, 2.45) is 5.92 Å². The number of carbonyl (C=O) groups is 2. The normalized spacial score (nSPS) is 12.2. The van der Waals surface area contributed by atoms with Gasteiger partial charge >= 0.3 is 0 Å². The standard InChI is InChI=1S/C28H41N3O5S/c1-7-36-26-16-14-25(15-17-26)31(37(6,34)35)18-10-13-27(32)30(20-24-12-9-8-11-22(24)4)23(5)28(33)29-19-21(2)3/h8-9,11-12,14-17,21,23H,7,10,13,18-20H2,1-6H3,(H,29,33)/t23-/m0/s1. The maximum absolute atomic E-state index is 13.4. The molecule has 0 radical (unpaired) electrons. The molecule has 0 aliphatic heterocycles. The number of hydrogen-bond donors (Lipinski definition) is 1. The molecule has 0 saturated heterocycles. The van der Waals surface area contributed by atoms with Crippen LogP contribution in [0.25, 0.3) is 0 Å². The first-order valence-corrected chi connectivity index (χ1v) is 14.6. The lowest BCUT2D eigenvalue weighted by Crippen LogP contribution is -2.48. The predicted octanol–water partition coefficient (Wildman–Crippen LogP) is 4.13. The van der Waals surface area contributed by atoms with Crippen LogP contribution in [-0.2, 0) is 26.2 Å². The molecule has 37 heavy (non-hydrogen) atoms. The Balaban J connectivity index is 2.16. The van der Waals surface area contributed by atoms with E-state index >= 15 is 0 Å². The lowest BCUT2D eigenvalue weighted by Gasteiger charge is -2.30. The largest absolute Gasteiger partial charge is 0.494 e. The molecule has 0 unspecified atom stereocenters. The van der Waals surface area contributed by atoms with E-state index in [1.807, 2.05) is 52.0 Å². The SMILES string of the molecule is CCOc1ccc(N(CCCC(=O)N(Cc2ccccc2C)[C@@H](C)C(=O)NCC(C)C)S(C)(=O)=O)cc1. The van der Waals surface area contributed by atoms with Crippen molar-refractivity contribution in [2.75, 3.05) is 30.3 Å². The number of rotatable bonds is 14. The summed E-state index contributed by atoms with van der Waals surface area (Å²) in [6.45, 7) is 11.1. The molecule has 204 valence electrons. The van der Waals surface area contributed by atoms with Gasteiger partial charge in [0.25, 0.3) is 0 Å². The Kier molecular flexibility index (Phi) is 11.4. The van der Waals surface area contributed by atoms with Crippen LogP contribution in [0.1, 0.15) is 51.7 Å². The molecule has 1 atom stereocenters. The molecule has 2 aromatic rings. The fraction of sp³-hybridized carbons (Fsp3) is 0.500. The minimum absolute atomic E-state index is 0.108. The molecule has 0 fully saturated rings. The summed E-state index contributed by atoms with van der Waals surface area (Å²) in [5.41, 5.74) is 2.51. The molecule has 0 heterocycles. The van der Waals surface area contributed by atoms with Crippen LogP contribution in [0, 0.1) is 12.8 Å². The van der Waals surface area contributed by atoms with E-state index in [-0.39, 0.29) is 24.8 Å². The number of anilines is 1. The number of ether oxygens (including phenoxy) is 1. The smallest absolute Gasteiger partial charge is 0.242 e. The monoisotopic (exact) mass is 531 g/mol. The Morgan fingerprint density at radius 1 is 1.03 bits per heavy atom. The van der Waals surface area contributed by atoms with E-state index in [1.54, 1.807) is 36.1 Å². The first-order valence-electron chi connectivity index (χ1n) is 12.8. The molecule has 0 aliphatic carbocycles. The predicted molar refractivity (Wildman–Crippen MR) is 148 cm³/mol. The summed E-state index contributed by atoms with van der Waals surface area (Å²) in [6, 6.07) is 13.9. The summed E-state index contributed by atoms with van der Waals surface area (Å²) in [6.07, 6.45) is 1.57. The van der Waals surface area contributed by atoms with E-state index in [2.05, 4.69) is 5.32 Å². The fourth-order valence-electron chi connectivity index (χ4n) is 3.89. The maximum atomic E-state index is 13.4. The lowest BCUT2D eigenvalue weighted by atomic mass is 10.1. The van der Waals surface area contributed by atoms with Crippen molar-refractivity contribution in [1.29, 1.82) is 0 Å². The van der Waals surface area contributed by atoms with Crippen LogP contribution in [0.5, 0.6) is 5.75 Å². The minimum atomic E-state index is -3.56. The van der Waals surface area contributed by atoms with Gasteiger partial charge in [-0.2, -0.15) is 0 Å². The van der Waals surface area contributed by atoms with Crippen LogP contribution < -0.4 is 14.4 Å². The van der Waals surface area contributed by atoms with E-state index in [9.17, 15) is 18.0 Å². The van der Waals surface area contributed by atoms with Crippen molar-refractivity contribution in [3.05, 3.63) is 59.7 Å². The number of aryl methyl sites for hydroxylation is 1. The summed E-state index contributed by atoms with van der Waals surface area (Å²) in [7, 11) is -3.56. The summed E-state index contributed by atoms with van der Waals surface area (Å²) in [4.78, 5) is 27.8. The number of hydrogen-bond acceptors (Lipinski definition) is 5. The summed E-state index contributed by atoms with van der Waals surface area (Å²) in [5, 5.41) is 2.92. The molecular weight excluding hydrogens is 490 g/mol. The summed E-state index contributed by atoms with van der Waals surface area (Å²) in [5.74, 6) is 0.547. The van der Waals surface area contributed by atoms with E-state index in [0.29, 0.717) is 43.5 Å². The van der Waals surface area contributed by atoms with Gasteiger partial charge in [0.15, 0.2) is 0 Å². The van der Waals surface area contributed by atoms with Gasteiger partial charge in [-0.25, -0.2) is 8.42 Å². The molecule has 8 nitrogen and oxygen atoms in total. The zero-order valence-electron chi connectivity index (χ0n) is 22.9. The molecular formula is C28H41N3O5S. The molecule has 1 N–H and O–H groups in total. The molecule has 0 aliphatic rings. The number of nitrogens with zero attached hydrogens (tertiary/aromatic N) is 2. The van der Waals surface area contributed by atoms with Crippen LogP contribution in [0.15, 0.2) is 48.5 Å². The van der Waals surface area contributed by atoms with E-state index in [0.717, 1.165) is 17.4 Å². The van der Waals surface area contributed by atoms with Gasteiger partial charge in [-0.05, 0) is 68.5 Å². The number of sulfonamides is 1. The van der Waals surface area contributed by atoms with Gasteiger partial charge in [0.05, 0.1) is 18.6 Å². The highest BCUT2D eigenvalue weighted by Crippen LogP contribution is 2.23. The maximum Gasteiger partial charge on any atom is 0.242 e. The van der Waals surface area contributed by atoms with Crippen LogP contribution >= 0.6 is 0 Å². The third-order valence-corrected chi connectivity index (χ3v) is 7.24. The topological polar surface area (TPSA) is 96.0 Å². The van der Waals surface area contributed by atoms with Crippen LogP contribution in [0.2, 0.25) is 0 Å². The first kappa shape index (κ1) is 30.2. The zero-order chi connectivity index (χ0) is 27.6. The third-order valence-electron chi connectivity index (χ3n) is 6.04. The second-order valence-electron chi connectivity index (χ2n) is 9.63. The average molecular weight is 532 g/mol. The highest BCUT2D eigenvalue weighted by Gasteiger charge is 2.27. The highest BCUT2D eigenvalue weighted by molar-refractivity contribution is 7.92. The van der Waals surface area contributed by atoms with Crippen LogP contribution in [0.4, 0.5) is 5.69 Å². The van der Waals surface area contributed by atoms with Crippen molar-refractivity contribution in [1.82, 2.24) is 10.2 Å². The number of nitrogens with one attached hydrogen (secondary N) is 1. The first-order chi connectivity index (χ1) is 17.4. The molecule has 2 amide bonds. The quantitative estimate of drug-likeness (QED) is 0.396. The summed E-state index contributed by atoms with van der Waals surface area (Å²) < 4.78 is 31.7. The lowest BCUT2D eigenvalue weighted by molar-refractivity contribution is -0.140. The summed E-state index contributed by atoms with van der Waals surface area (Å²) >= 11 is 0. The zero-order valence-corrected chi connectivity index (χ0v) is 23.7. The second-order valence-corrected chi connectivity index (χ2v) is 11.5. The Bertz CT molecular complexity index is 1130. The van der Waals surface area contributed by atoms with Crippen molar-refractivity contribution < 1.29 is 22.7 Å². The molecule has 0 spiro atoms. The van der Waals surface area contributed by atoms with Gasteiger partial charge in [-0.1, -0.05) is 38.1 Å². The molecule has 0 aromatic heterocycles. The molecule has 0 saturated carbocycles. The van der Waals surface area contributed by atoms with E-state index in [4.69, 9.17) is 4.74 Å². The second kappa shape index (κ2) is 14.0. The number of carbonyl (C=O) groups excluding carboxylic acids is 2. The van der Waals surface area contributed by atoms with Gasteiger partial charge < -0.3 is 15.0 Å². The third kappa shape index (κ3) is 9.39. The highest BCUT2D eigenvalue weighted by atomic mass is 32.2. The van der Waals surface area contributed by atoms with Crippen LogP contribution in [-0.4, -0.2) is 57.1 Å². The molecule has 9 heteroatoms. The average Bonchev–Trinajstić information content (AvgIpc) is 2.84. The van der Waals surface area contributed by atoms with Crippen molar-refractivity contribution in [3.63, 3.8) is 0 Å². The molecule has 0 bridgehead atoms. The van der Waals surface area contributed by atoms with Gasteiger partial charge in [0, 0.05) is 26.1 Å². The van der Waals surface area contributed by atoms with Crippen molar-refractivity contribution in [2.45, 2.75) is 60.0 Å². The van der Waals surface area contributed by atoms with Gasteiger partial charge in [-0.3, -0.25) is 13.9 Å². The van der Waals surface area contributed by atoms with E-state index in [1.165, 1.54) is 4.31 Å². The van der Waals surface area contributed by atoms with E-state index < -0.39 is 16.1 Å². The van der Waals surface area contributed by atoms with Crippen molar-refractivity contribution in [3.8, 4) is 5.75 Å². The minimum Gasteiger partial charge on any atom is -0.494 e. The number of benzene rings is 2. The van der Waals surface area contributed by atoms with Crippen LogP contribution in [0.3, 0.4) is 0 Å². The Morgan fingerprint density at radius 3 is 2.24 bits per heavy atom. The van der Waals surface area contributed by atoms with Gasteiger partial charge in [-0.15, -0.1) is 0 Å². The van der Waals surface area contributed by atoms with Gasteiger partial charge in [0.2, 0.25) is 21.8 Å².